The predicted molar refractivity (Wildman–Crippen MR) is 55.8 cm³/mol. The molecule has 0 amide bonds. The molecule has 13 heavy (non-hydrogen) atoms. The van der Waals surface area contributed by atoms with Crippen molar-refractivity contribution >= 4 is 11.8 Å². The molecule has 0 aliphatic carbocycles. The molecule has 0 radical (unpaired) electrons. The van der Waals surface area contributed by atoms with Crippen LogP contribution in [0.3, 0.4) is 0 Å². The van der Waals surface area contributed by atoms with E-state index in [0.717, 1.165) is 6.54 Å². The van der Waals surface area contributed by atoms with Crippen LogP contribution in [0.1, 0.15) is 12.1 Å². The van der Waals surface area contributed by atoms with Gasteiger partial charge in [0.2, 0.25) is 0 Å². The van der Waals surface area contributed by atoms with Crippen molar-refractivity contribution in [3.63, 3.8) is 0 Å². The van der Waals surface area contributed by atoms with E-state index in [1.54, 1.807) is 0 Å². The molecule has 1 aromatic heterocycles. The normalized spacial score (nSPS) is 22.4. The zero-order chi connectivity index (χ0) is 9.10. The average Bonchev–Trinajstić information content (AvgIpc) is 2.72. The van der Waals surface area contributed by atoms with Crippen molar-refractivity contribution in [1.29, 1.82) is 0 Å². The van der Waals surface area contributed by atoms with Crippen molar-refractivity contribution in [3.05, 3.63) is 18.2 Å². The molecular formula is C9H15N3S. The minimum atomic E-state index is 0.708. The van der Waals surface area contributed by atoms with Crippen molar-refractivity contribution in [2.45, 2.75) is 19.0 Å². The van der Waals surface area contributed by atoms with Gasteiger partial charge >= 0.3 is 0 Å². The van der Waals surface area contributed by atoms with Gasteiger partial charge in [0.05, 0.1) is 12.0 Å². The van der Waals surface area contributed by atoms with Crippen LogP contribution in [0.15, 0.2) is 12.5 Å². The molecule has 0 bridgehead atoms. The van der Waals surface area contributed by atoms with Gasteiger partial charge in [-0.25, -0.2) is 4.98 Å². The zero-order valence-electron chi connectivity index (χ0n) is 7.86. The van der Waals surface area contributed by atoms with Crippen molar-refractivity contribution in [1.82, 2.24) is 14.9 Å². The number of nitrogens with one attached hydrogen (secondary N) is 1. The fourth-order valence-electron chi connectivity index (χ4n) is 1.50. The number of rotatable bonds is 3. The number of hydrogen-bond donors (Lipinski definition) is 1. The first kappa shape index (κ1) is 9.09. The van der Waals surface area contributed by atoms with E-state index in [1.165, 1.54) is 23.6 Å². The maximum absolute atomic E-state index is 4.08. The number of nitrogens with zero attached hydrogens (tertiary/aromatic N) is 2. The minimum Gasteiger partial charge on any atom is -0.337 e. The van der Waals surface area contributed by atoms with Crippen LogP contribution in [0.25, 0.3) is 0 Å². The lowest BCUT2D eigenvalue weighted by molar-refractivity contribution is 0.544. The monoisotopic (exact) mass is 197 g/mol. The number of hydrogen-bond acceptors (Lipinski definition) is 3. The molecule has 1 N–H and O–H groups in total. The summed E-state index contributed by atoms with van der Waals surface area (Å²) in [5, 5.41) is 3.54. The summed E-state index contributed by atoms with van der Waals surface area (Å²) in [4.78, 5) is 4.08. The average molecular weight is 197 g/mol. The molecule has 72 valence electrons. The molecule has 4 heteroatoms. The molecule has 0 spiro atoms. The highest BCUT2D eigenvalue weighted by Crippen LogP contribution is 2.17. The fourth-order valence-corrected chi connectivity index (χ4v) is 2.69. The van der Waals surface area contributed by atoms with Gasteiger partial charge in [0.1, 0.15) is 0 Å². The second-order valence-electron chi connectivity index (χ2n) is 3.44. The molecule has 1 aliphatic rings. The van der Waals surface area contributed by atoms with E-state index in [-0.39, 0.29) is 0 Å². The van der Waals surface area contributed by atoms with Crippen molar-refractivity contribution in [2.24, 2.45) is 7.05 Å². The topological polar surface area (TPSA) is 29.9 Å². The molecular weight excluding hydrogens is 182 g/mol. The Kier molecular flexibility index (Phi) is 2.90. The first-order chi connectivity index (χ1) is 6.36. The van der Waals surface area contributed by atoms with Crippen molar-refractivity contribution < 1.29 is 0 Å². The van der Waals surface area contributed by atoms with Gasteiger partial charge in [-0.3, -0.25) is 0 Å². The molecule has 3 nitrogen and oxygen atoms in total. The van der Waals surface area contributed by atoms with E-state index in [0.29, 0.717) is 6.04 Å². The van der Waals surface area contributed by atoms with E-state index < -0.39 is 0 Å². The third-order valence-corrected chi connectivity index (χ3v) is 3.58. The van der Waals surface area contributed by atoms with Gasteiger partial charge < -0.3 is 9.88 Å². The van der Waals surface area contributed by atoms with Gasteiger partial charge in [-0.05, 0) is 12.2 Å². The van der Waals surface area contributed by atoms with Gasteiger partial charge in [-0.2, -0.15) is 11.8 Å². The van der Waals surface area contributed by atoms with Crippen molar-refractivity contribution in [2.75, 3.05) is 11.5 Å². The van der Waals surface area contributed by atoms with Crippen LogP contribution < -0.4 is 5.32 Å². The number of imidazole rings is 1. The number of aromatic nitrogens is 2. The maximum Gasteiger partial charge on any atom is 0.0945 e. The zero-order valence-corrected chi connectivity index (χ0v) is 8.68. The summed E-state index contributed by atoms with van der Waals surface area (Å²) in [7, 11) is 2.04. The Labute approximate surface area is 82.9 Å². The summed E-state index contributed by atoms with van der Waals surface area (Å²) in [6.07, 6.45) is 5.08. The molecule has 0 aromatic carbocycles. The summed E-state index contributed by atoms with van der Waals surface area (Å²) in [5.74, 6) is 2.57. The Balaban J connectivity index is 1.82. The molecule has 1 aliphatic heterocycles. The minimum absolute atomic E-state index is 0.708. The standard InChI is InChI=1S/C9H15N3S/c1-12-7-10-4-9(12)5-11-8-2-3-13-6-8/h4,7-8,11H,2-3,5-6H2,1H3. The van der Waals surface area contributed by atoms with Gasteiger partial charge in [-0.15, -0.1) is 0 Å². The Bertz CT molecular complexity index is 266. The maximum atomic E-state index is 4.08. The third kappa shape index (κ3) is 2.25. The van der Waals surface area contributed by atoms with Gasteiger partial charge in [0, 0.05) is 31.6 Å². The van der Waals surface area contributed by atoms with Gasteiger partial charge in [0.15, 0.2) is 0 Å². The Morgan fingerprint density at radius 2 is 2.69 bits per heavy atom. The largest absolute Gasteiger partial charge is 0.337 e. The van der Waals surface area contributed by atoms with Crippen LogP contribution in [-0.4, -0.2) is 27.1 Å². The summed E-state index contributed by atoms with van der Waals surface area (Å²) < 4.78 is 2.06. The highest BCUT2D eigenvalue weighted by atomic mass is 32.2. The van der Waals surface area contributed by atoms with Gasteiger partial charge in [-0.1, -0.05) is 0 Å². The first-order valence-electron chi connectivity index (χ1n) is 4.62. The number of aryl methyl sites for hydroxylation is 1. The molecule has 2 rings (SSSR count). The quantitative estimate of drug-likeness (QED) is 0.784. The van der Waals surface area contributed by atoms with E-state index in [4.69, 9.17) is 0 Å². The van der Waals surface area contributed by atoms with E-state index in [2.05, 4.69) is 14.9 Å². The fraction of sp³-hybridized carbons (Fsp3) is 0.667. The molecule has 2 heterocycles. The molecule has 1 atom stereocenters. The van der Waals surface area contributed by atoms with Crippen LogP contribution in [0, 0.1) is 0 Å². The second kappa shape index (κ2) is 4.15. The van der Waals surface area contributed by atoms with Crippen LogP contribution in [0.5, 0.6) is 0 Å². The summed E-state index contributed by atoms with van der Waals surface area (Å²) in [5.41, 5.74) is 1.26. The molecule has 1 saturated heterocycles. The smallest absolute Gasteiger partial charge is 0.0945 e. The first-order valence-corrected chi connectivity index (χ1v) is 5.78. The van der Waals surface area contributed by atoms with Crippen molar-refractivity contribution in [3.8, 4) is 0 Å². The highest BCUT2D eigenvalue weighted by Gasteiger charge is 2.14. The highest BCUT2D eigenvalue weighted by molar-refractivity contribution is 7.99. The second-order valence-corrected chi connectivity index (χ2v) is 4.59. The predicted octanol–water partition coefficient (Wildman–Crippen LogP) is 1.02. The Morgan fingerprint density at radius 3 is 3.31 bits per heavy atom. The number of thioether (sulfide) groups is 1. The van der Waals surface area contributed by atoms with Gasteiger partial charge in [0.25, 0.3) is 0 Å². The van der Waals surface area contributed by atoms with E-state index in [9.17, 15) is 0 Å². The molecule has 1 unspecified atom stereocenters. The Hall–Kier alpha value is -0.480. The summed E-state index contributed by atoms with van der Waals surface area (Å²) in [6.45, 7) is 0.946. The van der Waals surface area contributed by atoms with Crippen LogP contribution in [-0.2, 0) is 13.6 Å². The summed E-state index contributed by atoms with van der Waals surface area (Å²) >= 11 is 2.04. The lowest BCUT2D eigenvalue weighted by Crippen LogP contribution is -2.28. The van der Waals surface area contributed by atoms with E-state index >= 15 is 0 Å². The van der Waals surface area contributed by atoms with Crippen LogP contribution in [0.2, 0.25) is 0 Å². The third-order valence-electron chi connectivity index (χ3n) is 2.42. The molecule has 1 fully saturated rings. The van der Waals surface area contributed by atoms with Crippen LogP contribution >= 0.6 is 11.8 Å². The van der Waals surface area contributed by atoms with Crippen LogP contribution in [0.4, 0.5) is 0 Å². The molecule has 1 aromatic rings. The molecule has 0 saturated carbocycles. The van der Waals surface area contributed by atoms with E-state index in [1.807, 2.05) is 31.3 Å². The lowest BCUT2D eigenvalue weighted by Gasteiger charge is -2.10. The SMILES string of the molecule is Cn1cncc1CNC1CCSC1. The lowest BCUT2D eigenvalue weighted by atomic mass is 10.2. The summed E-state index contributed by atoms with van der Waals surface area (Å²) in [6, 6.07) is 0.708. The Morgan fingerprint density at radius 1 is 1.77 bits per heavy atom.